The topological polar surface area (TPSA) is 185 Å². The minimum atomic E-state index is -1.51. The zero-order valence-corrected chi connectivity index (χ0v) is 54.1. The molecule has 0 spiro atoms. The van der Waals surface area contributed by atoms with Crippen LogP contribution in [-0.2, 0) is 87.0 Å². The van der Waals surface area contributed by atoms with Gasteiger partial charge in [0.25, 0.3) is 0 Å². The smallest absolute Gasteiger partial charge is 0.338 e. The number of unbranched alkanes of at least 4 members (excludes halogenated alkanes) is 7. The van der Waals surface area contributed by atoms with E-state index in [1.165, 1.54) is 0 Å². The summed E-state index contributed by atoms with van der Waals surface area (Å²) < 4.78 is 106. The molecule has 2 saturated heterocycles. The van der Waals surface area contributed by atoms with Crippen molar-refractivity contribution in [3.63, 3.8) is 0 Å². The molecule has 0 bridgehead atoms. The monoisotopic (exact) mass is 1190 g/mol. The second-order valence-corrected chi connectivity index (χ2v) is 22.7. The lowest BCUT2D eigenvalue weighted by Gasteiger charge is -2.49. The highest BCUT2D eigenvalue weighted by Crippen LogP contribution is 2.36. The molecule has 3 rings (SSSR count). The van der Waals surface area contributed by atoms with Gasteiger partial charge in [-0.3, -0.25) is 0 Å². The number of benzene rings is 1. The molecule has 0 radical (unpaired) electrons. The van der Waals surface area contributed by atoms with E-state index in [4.69, 9.17) is 75.6 Å². The van der Waals surface area contributed by atoms with Crippen LogP contribution in [0, 0.1) is 11.8 Å². The Morgan fingerprint density at radius 2 is 1.07 bits per heavy atom. The number of carbonyl (C=O) groups excluding carboxylic acids is 1. The maximum Gasteiger partial charge on any atom is 0.338 e. The van der Waals surface area contributed by atoms with Crippen molar-refractivity contribution in [1.29, 1.82) is 0 Å². The normalized spacial score (nSPS) is 25.9. The van der Waals surface area contributed by atoms with Gasteiger partial charge in [-0.15, -0.1) is 0 Å². The molecule has 1 aromatic carbocycles. The first-order valence-electron chi connectivity index (χ1n) is 31.7. The highest BCUT2D eigenvalue weighted by molar-refractivity contribution is 7.09. The van der Waals surface area contributed by atoms with Crippen molar-refractivity contribution in [2.75, 3.05) is 66.1 Å². The SMILES string of the molecule is CCCCOCC(O[C@@H](OP)C(C)C)[C@@H](CO[C@H](OC(C(=O)OCc1ccccc1)[C@@H](COCCCC)O[C@@H]1O[C@@H](C)[C@H](OCCCC)C(OCCCC)C1O[C@@H]1O[C@@H](C)[C@H](OCCCC)C(C)C1O)[C@H](C)OCCCC)OCCCC. The van der Waals surface area contributed by atoms with E-state index in [2.05, 4.69) is 57.9 Å². The van der Waals surface area contributed by atoms with Gasteiger partial charge in [0, 0.05) is 67.6 Å². The molecule has 18 nitrogen and oxygen atoms in total. The van der Waals surface area contributed by atoms with E-state index in [1.807, 2.05) is 71.9 Å². The minimum Gasteiger partial charge on any atom is -0.459 e. The van der Waals surface area contributed by atoms with Crippen molar-refractivity contribution in [2.24, 2.45) is 11.8 Å². The molecule has 1 N–H and O–H groups in total. The third-order valence-electron chi connectivity index (χ3n) is 14.7. The zero-order valence-electron chi connectivity index (χ0n) is 52.9. The number of aliphatic hydroxyl groups is 1. The quantitative estimate of drug-likeness (QED) is 0.0281. The number of aliphatic hydroxyl groups excluding tert-OH is 1. The fourth-order valence-electron chi connectivity index (χ4n) is 9.41. The first-order valence-corrected chi connectivity index (χ1v) is 32.2. The van der Waals surface area contributed by atoms with E-state index >= 15 is 4.79 Å². The van der Waals surface area contributed by atoms with Gasteiger partial charge in [-0.25, -0.2) is 4.79 Å². The Kier molecular flexibility index (Phi) is 40.9. The van der Waals surface area contributed by atoms with Gasteiger partial charge in [0.2, 0.25) is 0 Å². The minimum absolute atomic E-state index is 0.00324. The van der Waals surface area contributed by atoms with E-state index in [0.717, 1.165) is 95.5 Å². The molecule has 82 heavy (non-hydrogen) atoms. The van der Waals surface area contributed by atoms with Crippen molar-refractivity contribution in [2.45, 2.75) is 285 Å². The third kappa shape index (κ3) is 27.3. The molecule has 18 atom stereocenters. The molecule has 480 valence electrons. The van der Waals surface area contributed by atoms with Gasteiger partial charge < -0.3 is 80.7 Å². The zero-order chi connectivity index (χ0) is 60.1. The van der Waals surface area contributed by atoms with Crippen LogP contribution in [0.15, 0.2) is 30.3 Å². The average Bonchev–Trinajstić information content (AvgIpc) is 3.01. The van der Waals surface area contributed by atoms with Crippen LogP contribution in [0.1, 0.15) is 185 Å². The van der Waals surface area contributed by atoms with Gasteiger partial charge in [-0.1, -0.05) is 145 Å². The number of rotatable bonds is 49. The van der Waals surface area contributed by atoms with Crippen molar-refractivity contribution in [3.05, 3.63) is 35.9 Å². The Bertz CT molecular complexity index is 1690. The largest absolute Gasteiger partial charge is 0.459 e. The number of hydrogen-bond acceptors (Lipinski definition) is 18. The molecule has 2 fully saturated rings. The molecule has 0 aromatic heterocycles. The van der Waals surface area contributed by atoms with Crippen molar-refractivity contribution in [3.8, 4) is 0 Å². The summed E-state index contributed by atoms with van der Waals surface area (Å²) in [5.74, 6) is -1.09. The lowest BCUT2D eigenvalue weighted by Crippen LogP contribution is -2.64. The number of hydrogen-bond donors (Lipinski definition) is 1. The maximum absolute atomic E-state index is 15.2. The lowest BCUT2D eigenvalue weighted by atomic mass is 9.90. The second kappa shape index (κ2) is 44.8. The molecule has 0 amide bonds. The van der Waals surface area contributed by atoms with E-state index in [1.54, 1.807) is 0 Å². The second-order valence-electron chi connectivity index (χ2n) is 22.4. The van der Waals surface area contributed by atoms with Gasteiger partial charge in [-0.2, -0.15) is 0 Å². The molecule has 2 aliphatic rings. The van der Waals surface area contributed by atoms with E-state index < -0.39 is 98.3 Å². The van der Waals surface area contributed by atoms with Crippen LogP contribution >= 0.6 is 9.47 Å². The summed E-state index contributed by atoms with van der Waals surface area (Å²) in [6, 6.07) is 9.45. The summed E-state index contributed by atoms with van der Waals surface area (Å²) in [5.41, 5.74) is 0.773. The Morgan fingerprint density at radius 1 is 0.561 bits per heavy atom. The fraction of sp³-hybridized carbons (Fsp3) is 0.889. The highest BCUT2D eigenvalue weighted by atomic mass is 31.0. The number of esters is 1. The molecule has 19 heteroatoms. The standard InChI is InChI=1S/C63H115O18P/c1-14-21-33-66-41-51(77-60(81-82)44(8)9)50(69-36-24-17-4)43-74-61(48(13)68-35-23-16-3)79-56(59(65)73-40-49-31-29-28-30-32-49)52(42-67-34-22-15-2)78-63-58(57(72-39-27-20-7)55(47(12)76-63)71-38-26-19-6)80-62-53(64)45(10)54(46(11)75-62)70-37-25-18-5/h28-32,44-48,50-58,60-64H,14-27,33-43,82H2,1-13H3/t45?,46-,47-,48-,50+,51?,52+,53?,54+,55-,56?,57?,58?,60-,61+,62-,63-/m0/s1. The van der Waals surface area contributed by atoms with Crippen molar-refractivity contribution < 1.29 is 85.5 Å². The number of ether oxygens (including phenoxy) is 15. The Morgan fingerprint density at radius 3 is 1.65 bits per heavy atom. The molecular formula is C63H115O18P. The highest BCUT2D eigenvalue weighted by Gasteiger charge is 2.53. The summed E-state index contributed by atoms with van der Waals surface area (Å²) in [7, 11) is 2.33. The van der Waals surface area contributed by atoms with Gasteiger partial charge in [0.05, 0.1) is 38.1 Å². The Balaban J connectivity index is 2.26. The average molecular weight is 1190 g/mol. The molecule has 7 unspecified atom stereocenters. The third-order valence-corrected chi connectivity index (χ3v) is 15.0. The van der Waals surface area contributed by atoms with E-state index in [9.17, 15) is 5.11 Å². The summed E-state index contributed by atoms with van der Waals surface area (Å²) in [5, 5.41) is 12.1. The predicted octanol–water partition coefficient (Wildman–Crippen LogP) is 11.5. The lowest BCUT2D eigenvalue weighted by molar-refractivity contribution is -0.375. The van der Waals surface area contributed by atoms with Gasteiger partial charge in [-0.05, 0) is 71.3 Å². The Labute approximate surface area is 497 Å². The van der Waals surface area contributed by atoms with E-state index in [0.29, 0.717) is 46.2 Å². The maximum atomic E-state index is 15.2. The van der Waals surface area contributed by atoms with Crippen molar-refractivity contribution in [1.82, 2.24) is 0 Å². The fourth-order valence-corrected chi connectivity index (χ4v) is 9.78. The van der Waals surface area contributed by atoms with Gasteiger partial charge in [0.15, 0.2) is 31.3 Å². The molecular weight excluding hydrogens is 1080 g/mol. The van der Waals surface area contributed by atoms with Crippen LogP contribution in [0.25, 0.3) is 0 Å². The van der Waals surface area contributed by atoms with Crippen LogP contribution in [0.2, 0.25) is 0 Å². The van der Waals surface area contributed by atoms with Crippen molar-refractivity contribution >= 4 is 15.4 Å². The van der Waals surface area contributed by atoms with E-state index in [-0.39, 0.29) is 44.4 Å². The summed E-state index contributed by atoms with van der Waals surface area (Å²) in [6.07, 6.45) is -1.78. The van der Waals surface area contributed by atoms with Crippen LogP contribution < -0.4 is 0 Å². The molecule has 2 aliphatic heterocycles. The van der Waals surface area contributed by atoms with Crippen LogP contribution in [-0.4, -0.2) is 176 Å². The van der Waals surface area contributed by atoms with Crippen LogP contribution in [0.5, 0.6) is 0 Å². The summed E-state index contributed by atoms with van der Waals surface area (Å²) in [4.78, 5) is 15.2. The number of carbonyl (C=O) groups is 1. The summed E-state index contributed by atoms with van der Waals surface area (Å²) >= 11 is 0. The van der Waals surface area contributed by atoms with Gasteiger partial charge in [0.1, 0.15) is 55.4 Å². The molecule has 0 saturated carbocycles. The van der Waals surface area contributed by atoms with Gasteiger partial charge >= 0.3 is 5.97 Å². The first-order chi connectivity index (χ1) is 39.7. The van der Waals surface area contributed by atoms with Crippen LogP contribution in [0.4, 0.5) is 0 Å². The molecule has 2 heterocycles. The Hall–Kier alpha value is -1.52. The molecule has 1 aromatic rings. The predicted molar refractivity (Wildman–Crippen MR) is 319 cm³/mol. The van der Waals surface area contributed by atoms with Crippen LogP contribution in [0.3, 0.4) is 0 Å². The first kappa shape index (κ1) is 74.7. The molecule has 0 aliphatic carbocycles. The summed E-state index contributed by atoms with van der Waals surface area (Å²) in [6.45, 7) is 29.6.